The SMILES string of the molecule is [N-]=[N+]=NCC#Cc1cccc(C(N)=S)c1. The summed E-state index contributed by atoms with van der Waals surface area (Å²) < 4.78 is 0. The maximum Gasteiger partial charge on any atom is 0.104 e. The Morgan fingerprint density at radius 1 is 1.60 bits per heavy atom. The van der Waals surface area contributed by atoms with Crippen molar-refractivity contribution in [1.82, 2.24) is 0 Å². The summed E-state index contributed by atoms with van der Waals surface area (Å²) in [5.74, 6) is 5.56. The zero-order valence-corrected chi connectivity index (χ0v) is 8.66. The van der Waals surface area contributed by atoms with Crippen molar-refractivity contribution in [1.29, 1.82) is 0 Å². The topological polar surface area (TPSA) is 74.8 Å². The first kappa shape index (κ1) is 11.1. The molecule has 1 aromatic rings. The van der Waals surface area contributed by atoms with E-state index in [0.29, 0.717) is 4.99 Å². The van der Waals surface area contributed by atoms with Crippen molar-refractivity contribution in [3.63, 3.8) is 0 Å². The lowest BCUT2D eigenvalue weighted by Gasteiger charge is -1.97. The Bertz CT molecular complexity index is 478. The normalized spacial score (nSPS) is 8.27. The van der Waals surface area contributed by atoms with E-state index in [4.69, 9.17) is 23.5 Å². The highest BCUT2D eigenvalue weighted by atomic mass is 32.1. The molecule has 0 aliphatic carbocycles. The van der Waals surface area contributed by atoms with Crippen molar-refractivity contribution >= 4 is 17.2 Å². The van der Waals surface area contributed by atoms with Crippen molar-refractivity contribution < 1.29 is 0 Å². The molecule has 0 saturated carbocycles. The standard InChI is InChI=1S/C10H8N4S/c11-10(15)9-5-1-3-8(7-9)4-2-6-13-14-12/h1,3,5,7H,6H2,(H2,11,15). The van der Waals surface area contributed by atoms with Crippen molar-refractivity contribution in [2.75, 3.05) is 6.54 Å². The molecule has 0 atom stereocenters. The summed E-state index contributed by atoms with van der Waals surface area (Å²) in [6.07, 6.45) is 0. The molecule has 0 unspecified atom stereocenters. The third-order valence-electron chi connectivity index (χ3n) is 1.59. The fourth-order valence-corrected chi connectivity index (χ4v) is 1.09. The predicted octanol–water partition coefficient (Wildman–Crippen LogP) is 1.98. The van der Waals surface area contributed by atoms with E-state index >= 15 is 0 Å². The smallest absolute Gasteiger partial charge is 0.104 e. The predicted molar refractivity (Wildman–Crippen MR) is 63.2 cm³/mol. The Kier molecular flexibility index (Phi) is 4.17. The molecule has 0 amide bonds. The van der Waals surface area contributed by atoms with Crippen LogP contribution in [0.25, 0.3) is 10.4 Å². The van der Waals surface area contributed by atoms with Crippen LogP contribution < -0.4 is 5.73 Å². The average molecular weight is 216 g/mol. The molecule has 0 aliphatic heterocycles. The van der Waals surface area contributed by atoms with Crippen molar-refractivity contribution in [3.8, 4) is 11.8 Å². The van der Waals surface area contributed by atoms with E-state index < -0.39 is 0 Å². The maximum atomic E-state index is 8.04. The fourth-order valence-electron chi connectivity index (χ4n) is 0.959. The largest absolute Gasteiger partial charge is 0.389 e. The minimum atomic E-state index is 0.161. The highest BCUT2D eigenvalue weighted by molar-refractivity contribution is 7.80. The lowest BCUT2D eigenvalue weighted by molar-refractivity contribution is 1.25. The molecule has 1 aromatic carbocycles. The van der Waals surface area contributed by atoms with Crippen LogP contribution in [0.15, 0.2) is 29.4 Å². The number of hydrogen-bond acceptors (Lipinski definition) is 2. The lowest BCUT2D eigenvalue weighted by atomic mass is 10.1. The zero-order valence-electron chi connectivity index (χ0n) is 7.84. The molecule has 1 rings (SSSR count). The molecule has 0 aromatic heterocycles. The monoisotopic (exact) mass is 216 g/mol. The molecule has 0 heterocycles. The first-order valence-corrected chi connectivity index (χ1v) is 4.54. The summed E-state index contributed by atoms with van der Waals surface area (Å²) in [4.78, 5) is 2.94. The molecule has 2 N–H and O–H groups in total. The lowest BCUT2D eigenvalue weighted by Crippen LogP contribution is -2.08. The number of thiocarbonyl (C=S) groups is 1. The Morgan fingerprint density at radius 2 is 2.40 bits per heavy atom. The summed E-state index contributed by atoms with van der Waals surface area (Å²) in [5.41, 5.74) is 15.1. The van der Waals surface area contributed by atoms with Gasteiger partial charge in [0.1, 0.15) is 4.99 Å². The third kappa shape index (κ3) is 3.69. The second-order valence-corrected chi connectivity index (χ2v) is 3.08. The summed E-state index contributed by atoms with van der Waals surface area (Å²) in [7, 11) is 0. The van der Waals surface area contributed by atoms with Crippen LogP contribution in [0.5, 0.6) is 0 Å². The molecule has 0 spiro atoms. The van der Waals surface area contributed by atoms with Crippen LogP contribution in [-0.4, -0.2) is 11.5 Å². The van der Waals surface area contributed by atoms with Gasteiger partial charge in [-0.05, 0) is 17.7 Å². The van der Waals surface area contributed by atoms with Crippen LogP contribution >= 0.6 is 12.2 Å². The fraction of sp³-hybridized carbons (Fsp3) is 0.100. The summed E-state index contributed by atoms with van der Waals surface area (Å²) in [6.45, 7) is 0.161. The van der Waals surface area contributed by atoms with Gasteiger partial charge in [0.15, 0.2) is 0 Å². The number of nitrogens with two attached hydrogens (primary N) is 1. The van der Waals surface area contributed by atoms with Crippen LogP contribution in [0.2, 0.25) is 0 Å². The molecule has 0 aliphatic rings. The molecule has 0 bridgehead atoms. The van der Waals surface area contributed by atoms with Gasteiger partial charge in [-0.25, -0.2) is 0 Å². The second-order valence-electron chi connectivity index (χ2n) is 2.64. The first-order chi connectivity index (χ1) is 7.24. The maximum absolute atomic E-state index is 8.04. The van der Waals surface area contributed by atoms with Gasteiger partial charge in [0, 0.05) is 16.0 Å². The molecule has 0 fully saturated rings. The van der Waals surface area contributed by atoms with Gasteiger partial charge < -0.3 is 5.73 Å². The molecule has 0 saturated heterocycles. The van der Waals surface area contributed by atoms with Gasteiger partial charge in [0.25, 0.3) is 0 Å². The van der Waals surface area contributed by atoms with E-state index in [-0.39, 0.29) is 6.54 Å². The molecule has 15 heavy (non-hydrogen) atoms. The van der Waals surface area contributed by atoms with Gasteiger partial charge in [0.05, 0.1) is 6.54 Å². The van der Waals surface area contributed by atoms with Gasteiger partial charge in [-0.15, -0.1) is 0 Å². The minimum Gasteiger partial charge on any atom is -0.389 e. The van der Waals surface area contributed by atoms with Crippen LogP contribution in [0.1, 0.15) is 11.1 Å². The van der Waals surface area contributed by atoms with E-state index in [1.54, 1.807) is 6.07 Å². The molecule has 0 radical (unpaired) electrons. The van der Waals surface area contributed by atoms with Gasteiger partial charge in [-0.1, -0.05) is 41.3 Å². The number of hydrogen-bond donors (Lipinski definition) is 1. The Balaban J connectivity index is 2.84. The Morgan fingerprint density at radius 3 is 3.07 bits per heavy atom. The summed E-state index contributed by atoms with van der Waals surface area (Å²) >= 11 is 4.84. The van der Waals surface area contributed by atoms with Gasteiger partial charge in [0.2, 0.25) is 0 Å². The van der Waals surface area contributed by atoms with E-state index in [9.17, 15) is 0 Å². The highest BCUT2D eigenvalue weighted by Crippen LogP contribution is 2.03. The first-order valence-electron chi connectivity index (χ1n) is 4.13. The molecular weight excluding hydrogens is 208 g/mol. The summed E-state index contributed by atoms with van der Waals surface area (Å²) in [6, 6.07) is 7.28. The van der Waals surface area contributed by atoms with E-state index in [0.717, 1.165) is 11.1 Å². The quantitative estimate of drug-likeness (QED) is 0.270. The van der Waals surface area contributed by atoms with Crippen molar-refractivity contribution in [3.05, 3.63) is 45.8 Å². The number of azide groups is 1. The van der Waals surface area contributed by atoms with E-state index in [1.165, 1.54) is 0 Å². The zero-order chi connectivity index (χ0) is 11.1. The molecular formula is C10H8N4S. The molecule has 5 heteroatoms. The van der Waals surface area contributed by atoms with Crippen molar-refractivity contribution in [2.24, 2.45) is 10.8 Å². The molecule has 4 nitrogen and oxygen atoms in total. The van der Waals surface area contributed by atoms with Crippen LogP contribution in [0.3, 0.4) is 0 Å². The Hall–Kier alpha value is -2.02. The van der Waals surface area contributed by atoms with Crippen LogP contribution in [-0.2, 0) is 0 Å². The number of benzene rings is 1. The highest BCUT2D eigenvalue weighted by Gasteiger charge is 1.95. The van der Waals surface area contributed by atoms with Gasteiger partial charge >= 0.3 is 0 Å². The minimum absolute atomic E-state index is 0.161. The van der Waals surface area contributed by atoms with Gasteiger partial charge in [-0.3, -0.25) is 0 Å². The summed E-state index contributed by atoms with van der Waals surface area (Å²) in [5, 5.41) is 3.30. The third-order valence-corrected chi connectivity index (χ3v) is 1.83. The van der Waals surface area contributed by atoms with Crippen molar-refractivity contribution in [2.45, 2.75) is 0 Å². The molecule has 74 valence electrons. The van der Waals surface area contributed by atoms with E-state index in [2.05, 4.69) is 21.9 Å². The van der Waals surface area contributed by atoms with Crippen LogP contribution in [0, 0.1) is 11.8 Å². The number of rotatable bonds is 2. The average Bonchev–Trinajstić information content (AvgIpc) is 2.25. The number of nitrogens with zero attached hydrogens (tertiary/aromatic N) is 3. The van der Waals surface area contributed by atoms with Crippen LogP contribution in [0.4, 0.5) is 0 Å². The second kappa shape index (κ2) is 5.66. The van der Waals surface area contributed by atoms with E-state index in [1.807, 2.05) is 18.2 Å². The van der Waals surface area contributed by atoms with Gasteiger partial charge in [-0.2, -0.15) is 0 Å². The Labute approximate surface area is 92.7 Å².